The lowest BCUT2D eigenvalue weighted by molar-refractivity contribution is 0.417. The van der Waals surface area contributed by atoms with Gasteiger partial charge in [-0.05, 0) is 48.6 Å². The van der Waals surface area contributed by atoms with Crippen molar-refractivity contribution in [3.63, 3.8) is 0 Å². The van der Waals surface area contributed by atoms with Crippen LogP contribution in [-0.2, 0) is 10.0 Å². The van der Waals surface area contributed by atoms with Gasteiger partial charge in [0.2, 0.25) is 0 Å². The van der Waals surface area contributed by atoms with Gasteiger partial charge in [-0.15, -0.1) is 11.3 Å². The summed E-state index contributed by atoms with van der Waals surface area (Å²) in [7, 11) is -2.10. The van der Waals surface area contributed by atoms with Crippen molar-refractivity contribution in [2.45, 2.75) is 4.90 Å². The summed E-state index contributed by atoms with van der Waals surface area (Å²) in [5.41, 5.74) is 1.37. The lowest BCUT2D eigenvalue weighted by atomic mass is 10.3. The maximum atomic E-state index is 12.3. The quantitative estimate of drug-likeness (QED) is 0.523. The molecule has 27 heavy (non-hydrogen) atoms. The predicted octanol–water partition coefficient (Wildman–Crippen LogP) is 3.76. The summed E-state index contributed by atoms with van der Waals surface area (Å²) in [6.45, 7) is 0. The van der Waals surface area contributed by atoms with Crippen LogP contribution in [0.2, 0.25) is 0 Å². The van der Waals surface area contributed by atoms with Gasteiger partial charge >= 0.3 is 0 Å². The second kappa shape index (κ2) is 8.33. The molecular formula is C17H16N4O3S3. The van der Waals surface area contributed by atoms with Gasteiger partial charge in [0.15, 0.2) is 10.2 Å². The van der Waals surface area contributed by atoms with Gasteiger partial charge in [-0.1, -0.05) is 12.1 Å². The van der Waals surface area contributed by atoms with E-state index >= 15 is 0 Å². The molecule has 0 aliphatic heterocycles. The molecule has 0 saturated carbocycles. The molecule has 0 fully saturated rings. The number of para-hydroxylation sites is 2. The van der Waals surface area contributed by atoms with Crippen molar-refractivity contribution in [1.29, 1.82) is 0 Å². The number of anilines is 3. The van der Waals surface area contributed by atoms with Gasteiger partial charge in [0.05, 0.1) is 17.7 Å². The molecule has 0 saturated heterocycles. The van der Waals surface area contributed by atoms with E-state index in [1.54, 1.807) is 24.6 Å². The molecule has 0 atom stereocenters. The number of methoxy groups -OCH3 is 1. The highest BCUT2D eigenvalue weighted by Gasteiger charge is 2.15. The Hall–Kier alpha value is -2.69. The molecule has 0 unspecified atom stereocenters. The van der Waals surface area contributed by atoms with E-state index in [1.165, 1.54) is 29.7 Å². The third-order valence-corrected chi connectivity index (χ3v) is 5.81. The zero-order chi connectivity index (χ0) is 19.3. The highest BCUT2D eigenvalue weighted by atomic mass is 32.2. The molecule has 0 aliphatic carbocycles. The number of nitrogens with zero attached hydrogens (tertiary/aromatic N) is 1. The molecule has 7 nitrogen and oxygen atoms in total. The van der Waals surface area contributed by atoms with Crippen molar-refractivity contribution in [3.05, 3.63) is 60.1 Å². The van der Waals surface area contributed by atoms with Crippen LogP contribution in [0.5, 0.6) is 5.75 Å². The van der Waals surface area contributed by atoms with Crippen molar-refractivity contribution >= 4 is 55.2 Å². The maximum absolute atomic E-state index is 12.3. The number of hydrogen-bond acceptors (Lipinski definition) is 6. The lowest BCUT2D eigenvalue weighted by Gasteiger charge is -2.13. The Morgan fingerprint density at radius 1 is 1.11 bits per heavy atom. The normalized spacial score (nSPS) is 10.9. The Kier molecular flexibility index (Phi) is 5.89. The number of thiazole rings is 1. The first kappa shape index (κ1) is 19.1. The van der Waals surface area contributed by atoms with E-state index in [-0.39, 0.29) is 4.90 Å². The summed E-state index contributed by atoms with van der Waals surface area (Å²) in [6.07, 6.45) is 1.53. The van der Waals surface area contributed by atoms with Gasteiger partial charge in [0.25, 0.3) is 10.0 Å². The number of rotatable bonds is 6. The van der Waals surface area contributed by atoms with E-state index in [9.17, 15) is 8.42 Å². The highest BCUT2D eigenvalue weighted by Crippen LogP contribution is 2.24. The van der Waals surface area contributed by atoms with E-state index in [1.807, 2.05) is 24.3 Å². The van der Waals surface area contributed by atoms with Crippen LogP contribution >= 0.6 is 23.6 Å². The highest BCUT2D eigenvalue weighted by molar-refractivity contribution is 7.93. The van der Waals surface area contributed by atoms with Crippen LogP contribution in [0.4, 0.5) is 16.5 Å². The van der Waals surface area contributed by atoms with Gasteiger partial charge in [-0.2, -0.15) is 0 Å². The molecular weight excluding hydrogens is 404 g/mol. The number of nitrogens with one attached hydrogen (secondary N) is 3. The van der Waals surface area contributed by atoms with Crippen molar-refractivity contribution in [2.24, 2.45) is 0 Å². The van der Waals surface area contributed by atoms with Crippen LogP contribution in [0.3, 0.4) is 0 Å². The molecule has 0 aliphatic rings. The number of hydrogen-bond donors (Lipinski definition) is 3. The average molecular weight is 421 g/mol. The first-order chi connectivity index (χ1) is 13.0. The Balaban J connectivity index is 1.66. The first-order valence-electron chi connectivity index (χ1n) is 7.71. The summed E-state index contributed by atoms with van der Waals surface area (Å²) < 4.78 is 32.3. The zero-order valence-electron chi connectivity index (χ0n) is 14.2. The van der Waals surface area contributed by atoms with Gasteiger partial charge in [-0.3, -0.25) is 4.72 Å². The fourth-order valence-corrected chi connectivity index (χ4v) is 4.21. The number of benzene rings is 2. The fraction of sp³-hybridized carbons (Fsp3) is 0.0588. The number of ether oxygens (including phenoxy) is 1. The van der Waals surface area contributed by atoms with Crippen LogP contribution < -0.4 is 20.1 Å². The minimum absolute atomic E-state index is 0.131. The first-order valence-corrected chi connectivity index (χ1v) is 10.5. The SMILES string of the molecule is COc1ccccc1NC(=S)Nc1ccc(S(=O)(=O)Nc2nccs2)cc1. The van der Waals surface area contributed by atoms with E-state index in [4.69, 9.17) is 17.0 Å². The van der Waals surface area contributed by atoms with Crippen molar-refractivity contribution < 1.29 is 13.2 Å². The van der Waals surface area contributed by atoms with Crippen LogP contribution in [0, 0.1) is 0 Å². The lowest BCUT2D eigenvalue weighted by Crippen LogP contribution is -2.19. The Bertz CT molecular complexity index is 1020. The molecule has 0 radical (unpaired) electrons. The predicted molar refractivity (Wildman–Crippen MR) is 112 cm³/mol. The van der Waals surface area contributed by atoms with Crippen LogP contribution in [0.1, 0.15) is 0 Å². The monoisotopic (exact) mass is 420 g/mol. The number of thiocarbonyl (C=S) groups is 1. The van der Waals surface area contributed by atoms with Crippen molar-refractivity contribution in [2.75, 3.05) is 22.5 Å². The Labute approximate surface area is 166 Å². The third-order valence-electron chi connectivity index (χ3n) is 3.43. The molecule has 3 N–H and O–H groups in total. The van der Waals surface area contributed by atoms with Gasteiger partial charge in [0.1, 0.15) is 5.75 Å². The molecule has 3 rings (SSSR count). The summed E-state index contributed by atoms with van der Waals surface area (Å²) >= 11 is 6.50. The fourth-order valence-electron chi connectivity index (χ4n) is 2.20. The zero-order valence-corrected chi connectivity index (χ0v) is 16.6. The summed E-state index contributed by atoms with van der Waals surface area (Å²) in [5.74, 6) is 0.663. The van der Waals surface area contributed by atoms with Crippen LogP contribution in [0.25, 0.3) is 0 Å². The van der Waals surface area contributed by atoms with E-state index in [2.05, 4.69) is 20.3 Å². The summed E-state index contributed by atoms with van der Waals surface area (Å²) in [4.78, 5) is 4.05. The van der Waals surface area contributed by atoms with Crippen LogP contribution in [-0.4, -0.2) is 25.6 Å². The third kappa shape index (κ3) is 4.94. The number of aromatic nitrogens is 1. The molecule has 2 aromatic carbocycles. The minimum atomic E-state index is -3.68. The van der Waals surface area contributed by atoms with Crippen molar-refractivity contribution in [3.8, 4) is 5.75 Å². The Morgan fingerprint density at radius 3 is 2.52 bits per heavy atom. The Morgan fingerprint density at radius 2 is 1.85 bits per heavy atom. The molecule has 3 aromatic rings. The maximum Gasteiger partial charge on any atom is 0.263 e. The molecule has 1 heterocycles. The number of sulfonamides is 1. The molecule has 140 valence electrons. The van der Waals surface area contributed by atoms with Crippen LogP contribution in [0.15, 0.2) is 65.0 Å². The van der Waals surface area contributed by atoms with E-state index < -0.39 is 10.0 Å². The second-order valence-electron chi connectivity index (χ2n) is 5.25. The molecule has 0 spiro atoms. The van der Waals surface area contributed by atoms with E-state index in [0.717, 1.165) is 5.69 Å². The topological polar surface area (TPSA) is 92.4 Å². The molecule has 0 bridgehead atoms. The van der Waals surface area contributed by atoms with Gasteiger partial charge < -0.3 is 15.4 Å². The van der Waals surface area contributed by atoms with Gasteiger partial charge in [0, 0.05) is 17.3 Å². The molecule has 1 aromatic heterocycles. The van der Waals surface area contributed by atoms with Crippen molar-refractivity contribution in [1.82, 2.24) is 4.98 Å². The smallest absolute Gasteiger partial charge is 0.263 e. The summed E-state index contributed by atoms with van der Waals surface area (Å²) in [5, 5.41) is 8.42. The minimum Gasteiger partial charge on any atom is -0.495 e. The van der Waals surface area contributed by atoms with E-state index in [0.29, 0.717) is 21.7 Å². The summed E-state index contributed by atoms with van der Waals surface area (Å²) in [6, 6.07) is 13.6. The second-order valence-corrected chi connectivity index (χ2v) is 8.23. The largest absolute Gasteiger partial charge is 0.495 e. The standard InChI is InChI=1S/C17H16N4O3S3/c1-24-15-5-3-2-4-14(15)20-16(25)19-12-6-8-13(9-7-12)27(22,23)21-17-18-10-11-26-17/h2-11H,1H3,(H,18,21)(H2,19,20,25). The van der Waals surface area contributed by atoms with Gasteiger partial charge in [-0.25, -0.2) is 13.4 Å². The molecule has 0 amide bonds. The molecule has 10 heteroatoms. The average Bonchev–Trinajstić information content (AvgIpc) is 3.15.